The predicted molar refractivity (Wildman–Crippen MR) is 87.9 cm³/mol. The first-order chi connectivity index (χ1) is 11.1. The maximum Gasteiger partial charge on any atom is 0.262 e. The highest BCUT2D eigenvalue weighted by atomic mass is 16.3. The molecule has 3 aliphatic rings. The van der Waals surface area contributed by atoms with Crippen molar-refractivity contribution < 1.29 is 9.90 Å². The van der Waals surface area contributed by atoms with Crippen molar-refractivity contribution in [1.29, 1.82) is 0 Å². The van der Waals surface area contributed by atoms with Gasteiger partial charge in [0.1, 0.15) is 5.75 Å². The van der Waals surface area contributed by atoms with E-state index in [0.717, 1.165) is 44.1 Å². The molecular weight excluding hydrogens is 290 g/mol. The van der Waals surface area contributed by atoms with Crippen LogP contribution in [0.2, 0.25) is 0 Å². The average Bonchev–Trinajstić information content (AvgIpc) is 3.36. The zero-order valence-electron chi connectivity index (χ0n) is 13.2. The molecule has 1 atom stereocenters. The summed E-state index contributed by atoms with van der Waals surface area (Å²) in [5.41, 5.74) is 6.20. The number of amides is 1. The second-order valence-electron chi connectivity index (χ2n) is 7.02. The molecule has 1 heterocycles. The average molecular weight is 313 g/mol. The Morgan fingerprint density at radius 2 is 1.74 bits per heavy atom. The first-order valence-electron chi connectivity index (χ1n) is 8.61. The van der Waals surface area contributed by atoms with Crippen LogP contribution in [0.4, 0.5) is 0 Å². The van der Waals surface area contributed by atoms with Crippen LogP contribution in [0.1, 0.15) is 50.5 Å². The summed E-state index contributed by atoms with van der Waals surface area (Å²) in [5.74, 6) is 0.842. The van der Waals surface area contributed by atoms with E-state index >= 15 is 0 Å². The molecule has 2 saturated carbocycles. The summed E-state index contributed by atoms with van der Waals surface area (Å²) in [6.45, 7) is 0. The molecule has 23 heavy (non-hydrogen) atoms. The number of phenolic OH excluding ortho intramolecular Hbond substituents is 1. The first-order valence-corrected chi connectivity index (χ1v) is 8.61. The number of hydrogen-bond donors (Lipinski definition) is 2. The Kier molecular flexibility index (Phi) is 3.32. The summed E-state index contributed by atoms with van der Waals surface area (Å²) < 4.78 is 0. The Morgan fingerprint density at radius 1 is 1.09 bits per heavy atom. The zero-order chi connectivity index (χ0) is 16.0. The van der Waals surface area contributed by atoms with Crippen molar-refractivity contribution >= 4 is 11.9 Å². The highest BCUT2D eigenvalue weighted by molar-refractivity contribution is 6.08. The minimum atomic E-state index is -0.866. The lowest BCUT2D eigenvalue weighted by Crippen LogP contribution is -2.49. The van der Waals surface area contributed by atoms with E-state index in [1.807, 2.05) is 12.1 Å². The summed E-state index contributed by atoms with van der Waals surface area (Å²) in [6.07, 6.45) is 7.57. The van der Waals surface area contributed by atoms with Gasteiger partial charge in [0.25, 0.3) is 5.91 Å². The van der Waals surface area contributed by atoms with Gasteiger partial charge in [-0.05, 0) is 49.3 Å². The van der Waals surface area contributed by atoms with Gasteiger partial charge in [-0.15, -0.1) is 0 Å². The molecule has 0 saturated heterocycles. The molecule has 1 amide bonds. The fourth-order valence-electron chi connectivity index (χ4n) is 4.17. The van der Waals surface area contributed by atoms with Crippen molar-refractivity contribution in [2.75, 3.05) is 0 Å². The third kappa shape index (κ3) is 2.21. The molecule has 1 aromatic rings. The molecule has 2 fully saturated rings. The van der Waals surface area contributed by atoms with Crippen molar-refractivity contribution in [2.24, 2.45) is 16.6 Å². The molecule has 4 rings (SSSR count). The van der Waals surface area contributed by atoms with Crippen LogP contribution >= 0.6 is 0 Å². The van der Waals surface area contributed by atoms with Crippen molar-refractivity contribution in [3.05, 3.63) is 29.8 Å². The monoisotopic (exact) mass is 313 g/mol. The van der Waals surface area contributed by atoms with E-state index in [-0.39, 0.29) is 23.6 Å². The fourth-order valence-corrected chi connectivity index (χ4v) is 4.17. The van der Waals surface area contributed by atoms with Crippen LogP contribution in [0.3, 0.4) is 0 Å². The van der Waals surface area contributed by atoms with Crippen LogP contribution in [0, 0.1) is 5.92 Å². The maximum atomic E-state index is 13.4. The molecule has 122 valence electrons. The molecule has 2 aliphatic carbocycles. The van der Waals surface area contributed by atoms with Gasteiger partial charge in [0.05, 0.1) is 0 Å². The van der Waals surface area contributed by atoms with Crippen molar-refractivity contribution in [1.82, 2.24) is 4.90 Å². The maximum absolute atomic E-state index is 13.4. The van der Waals surface area contributed by atoms with Gasteiger partial charge in [-0.25, -0.2) is 4.99 Å². The molecule has 0 spiro atoms. The SMILES string of the molecule is NC1=NC(c2ccc(O)cc2)(C2CC2)C(=O)N1C1CCCCC1. The standard InChI is InChI=1S/C18H23N3O2/c19-17-20-18(12-6-7-12,13-8-10-15(22)11-9-13)16(23)21(17)14-4-2-1-3-5-14/h8-12,14,22H,1-7H2,(H2,19,20). The summed E-state index contributed by atoms with van der Waals surface area (Å²) in [4.78, 5) is 19.8. The zero-order valence-corrected chi connectivity index (χ0v) is 13.2. The second-order valence-corrected chi connectivity index (χ2v) is 7.02. The van der Waals surface area contributed by atoms with Gasteiger partial charge >= 0.3 is 0 Å². The van der Waals surface area contributed by atoms with Gasteiger partial charge in [-0.2, -0.15) is 0 Å². The van der Waals surface area contributed by atoms with E-state index in [1.54, 1.807) is 17.0 Å². The Labute approximate surface area is 136 Å². The lowest BCUT2D eigenvalue weighted by Gasteiger charge is -2.33. The molecule has 0 bridgehead atoms. The van der Waals surface area contributed by atoms with E-state index in [9.17, 15) is 9.90 Å². The molecule has 1 aliphatic heterocycles. The van der Waals surface area contributed by atoms with E-state index in [2.05, 4.69) is 0 Å². The van der Waals surface area contributed by atoms with Gasteiger partial charge in [-0.1, -0.05) is 31.4 Å². The molecule has 0 radical (unpaired) electrons. The third-order valence-corrected chi connectivity index (χ3v) is 5.50. The Morgan fingerprint density at radius 3 is 2.35 bits per heavy atom. The smallest absolute Gasteiger partial charge is 0.262 e. The van der Waals surface area contributed by atoms with E-state index in [0.29, 0.717) is 5.96 Å². The number of carbonyl (C=O) groups excluding carboxylic acids is 1. The van der Waals surface area contributed by atoms with Crippen molar-refractivity contribution in [3.8, 4) is 5.75 Å². The summed E-state index contributed by atoms with van der Waals surface area (Å²) >= 11 is 0. The number of rotatable bonds is 3. The molecule has 5 heteroatoms. The van der Waals surface area contributed by atoms with Crippen LogP contribution in [0.5, 0.6) is 5.75 Å². The van der Waals surface area contributed by atoms with E-state index in [4.69, 9.17) is 10.7 Å². The predicted octanol–water partition coefficient (Wildman–Crippen LogP) is 2.49. The third-order valence-electron chi connectivity index (χ3n) is 5.50. The number of aliphatic imine (C=N–C) groups is 1. The largest absolute Gasteiger partial charge is 0.508 e. The normalized spacial score (nSPS) is 29.0. The Balaban J connectivity index is 1.73. The minimum Gasteiger partial charge on any atom is -0.508 e. The molecule has 1 unspecified atom stereocenters. The van der Waals surface area contributed by atoms with Crippen LogP contribution < -0.4 is 5.73 Å². The number of nitrogens with zero attached hydrogens (tertiary/aromatic N) is 2. The quantitative estimate of drug-likeness (QED) is 0.900. The van der Waals surface area contributed by atoms with Gasteiger partial charge in [-0.3, -0.25) is 9.69 Å². The Bertz CT molecular complexity index is 645. The lowest BCUT2D eigenvalue weighted by atomic mass is 9.84. The second kappa shape index (κ2) is 5.25. The number of phenols is 1. The van der Waals surface area contributed by atoms with Gasteiger partial charge in [0.15, 0.2) is 11.5 Å². The topological polar surface area (TPSA) is 78.9 Å². The lowest BCUT2D eigenvalue weighted by molar-refractivity contribution is -0.134. The highest BCUT2D eigenvalue weighted by Crippen LogP contribution is 2.52. The first kappa shape index (κ1) is 14.5. The van der Waals surface area contributed by atoms with Crippen LogP contribution in [-0.4, -0.2) is 27.9 Å². The molecule has 3 N–H and O–H groups in total. The van der Waals surface area contributed by atoms with Crippen molar-refractivity contribution in [3.63, 3.8) is 0 Å². The van der Waals surface area contributed by atoms with Gasteiger partial charge < -0.3 is 10.8 Å². The van der Waals surface area contributed by atoms with Crippen molar-refractivity contribution in [2.45, 2.75) is 56.5 Å². The van der Waals surface area contributed by atoms with Crippen LogP contribution in [-0.2, 0) is 10.3 Å². The van der Waals surface area contributed by atoms with Gasteiger partial charge in [0, 0.05) is 6.04 Å². The molecule has 5 nitrogen and oxygen atoms in total. The van der Waals surface area contributed by atoms with E-state index in [1.165, 1.54) is 6.42 Å². The van der Waals surface area contributed by atoms with E-state index < -0.39 is 5.54 Å². The summed E-state index contributed by atoms with van der Waals surface area (Å²) in [6, 6.07) is 7.07. The summed E-state index contributed by atoms with van der Waals surface area (Å²) in [7, 11) is 0. The molecule has 1 aromatic carbocycles. The number of hydrogen-bond acceptors (Lipinski definition) is 4. The number of nitrogens with two attached hydrogens (primary N) is 1. The van der Waals surface area contributed by atoms with Crippen LogP contribution in [0.25, 0.3) is 0 Å². The van der Waals surface area contributed by atoms with Crippen LogP contribution in [0.15, 0.2) is 29.3 Å². The molecule has 0 aromatic heterocycles. The number of benzene rings is 1. The highest BCUT2D eigenvalue weighted by Gasteiger charge is 2.58. The molecular formula is C18H23N3O2. The summed E-state index contributed by atoms with van der Waals surface area (Å²) in [5, 5.41) is 9.56. The number of carbonyl (C=O) groups is 1. The fraction of sp³-hybridized carbons (Fsp3) is 0.556. The number of guanidine groups is 1. The Hall–Kier alpha value is -2.04. The minimum absolute atomic E-state index is 0.0371. The van der Waals surface area contributed by atoms with Gasteiger partial charge in [0.2, 0.25) is 0 Å². The number of aromatic hydroxyl groups is 1.